The second kappa shape index (κ2) is 3.55. The molecule has 1 aromatic rings. The summed E-state index contributed by atoms with van der Waals surface area (Å²) < 4.78 is 34.1. The number of anilines is 1. The number of hydrogen-bond donors (Lipinski definition) is 1. The first kappa shape index (κ1) is 11.1. The molecule has 88 valence electrons. The largest absolute Gasteiger partial charge is 0.307 e. The molecular weight excluding hydrogens is 237 g/mol. The highest BCUT2D eigenvalue weighted by Gasteiger charge is 2.39. The molecule has 0 aliphatic carbocycles. The fourth-order valence-corrected chi connectivity index (χ4v) is 2.30. The van der Waals surface area contributed by atoms with Crippen LogP contribution in [0.5, 0.6) is 0 Å². The maximum absolute atomic E-state index is 12.7. The molecule has 0 bridgehead atoms. The minimum absolute atomic E-state index is 0.179. The van der Waals surface area contributed by atoms with Crippen LogP contribution >= 0.6 is 0 Å². The molecule has 0 spiro atoms. The summed E-state index contributed by atoms with van der Waals surface area (Å²) >= 11 is 0. The van der Waals surface area contributed by atoms with Gasteiger partial charge >= 0.3 is 10.2 Å². The molecule has 1 aromatic heterocycles. The Bertz CT molecular complexity index is 524. The number of aryl methyl sites for hydroxylation is 1. The Balaban J connectivity index is 2.24. The lowest BCUT2D eigenvalue weighted by Crippen LogP contribution is -2.27. The van der Waals surface area contributed by atoms with Crippen molar-refractivity contribution in [2.45, 2.75) is 18.6 Å². The lowest BCUT2D eigenvalue weighted by atomic mass is 10.4. The molecule has 6 nitrogen and oxygen atoms in total. The summed E-state index contributed by atoms with van der Waals surface area (Å²) in [6.45, 7) is 1.57. The first-order chi connectivity index (χ1) is 7.38. The number of nitrogens with zero attached hydrogens (tertiary/aromatic N) is 2. The molecule has 1 amide bonds. The van der Waals surface area contributed by atoms with Crippen LogP contribution in [0.15, 0.2) is 6.07 Å². The lowest BCUT2D eigenvalue weighted by Gasteiger charge is -2.11. The topological polar surface area (TPSA) is 83.1 Å². The zero-order chi connectivity index (χ0) is 11.9. The second-order valence-corrected chi connectivity index (χ2v) is 5.33. The molecule has 0 radical (unpaired) electrons. The average Bonchev–Trinajstić information content (AvgIpc) is 2.70. The van der Waals surface area contributed by atoms with E-state index < -0.39 is 21.4 Å². The molecule has 1 aliphatic heterocycles. The van der Waals surface area contributed by atoms with E-state index in [1.807, 2.05) is 0 Å². The van der Waals surface area contributed by atoms with Crippen molar-refractivity contribution >= 4 is 21.9 Å². The first-order valence-corrected chi connectivity index (χ1v) is 6.08. The van der Waals surface area contributed by atoms with Crippen LogP contribution < -0.4 is 4.90 Å². The van der Waals surface area contributed by atoms with Gasteiger partial charge in [0, 0.05) is 24.7 Å². The Morgan fingerprint density at radius 3 is 2.75 bits per heavy atom. The standard InChI is InChI=1S/C8H10FN3O3S/c1-5-2-7(11-10-5)12-4-6(3-8(12)13)16(9,14)15/h2,6H,3-4H2,1H3,(H,10,11). The fourth-order valence-electron chi connectivity index (χ4n) is 1.63. The molecule has 2 rings (SSSR count). The van der Waals surface area contributed by atoms with Gasteiger partial charge in [-0.05, 0) is 6.92 Å². The zero-order valence-electron chi connectivity index (χ0n) is 8.47. The summed E-state index contributed by atoms with van der Waals surface area (Å²) in [5.74, 6) is -0.105. The third-order valence-electron chi connectivity index (χ3n) is 2.46. The smallest absolute Gasteiger partial charge is 0.294 e. The maximum Gasteiger partial charge on any atom is 0.307 e. The second-order valence-electron chi connectivity index (χ2n) is 3.72. The maximum atomic E-state index is 12.7. The normalized spacial score (nSPS) is 21.8. The minimum atomic E-state index is -4.67. The van der Waals surface area contributed by atoms with Crippen molar-refractivity contribution in [1.82, 2.24) is 10.2 Å². The number of aromatic amines is 1. The van der Waals surface area contributed by atoms with Crippen LogP contribution in [0.4, 0.5) is 9.70 Å². The van der Waals surface area contributed by atoms with Gasteiger partial charge in [-0.2, -0.15) is 13.5 Å². The van der Waals surface area contributed by atoms with E-state index in [2.05, 4.69) is 10.2 Å². The van der Waals surface area contributed by atoms with E-state index in [4.69, 9.17) is 0 Å². The molecule has 1 fully saturated rings. The highest BCUT2D eigenvalue weighted by Crippen LogP contribution is 2.24. The Kier molecular flexibility index (Phi) is 2.45. The number of halogens is 1. The van der Waals surface area contributed by atoms with E-state index in [1.54, 1.807) is 13.0 Å². The van der Waals surface area contributed by atoms with Crippen LogP contribution in [-0.4, -0.2) is 36.3 Å². The monoisotopic (exact) mass is 247 g/mol. The van der Waals surface area contributed by atoms with Gasteiger partial charge in [-0.3, -0.25) is 14.8 Å². The van der Waals surface area contributed by atoms with Crippen LogP contribution in [0.2, 0.25) is 0 Å². The van der Waals surface area contributed by atoms with Crippen LogP contribution in [0, 0.1) is 6.92 Å². The number of amides is 1. The summed E-state index contributed by atoms with van der Waals surface area (Å²) in [5.41, 5.74) is 0.745. The van der Waals surface area contributed by atoms with Crippen molar-refractivity contribution in [3.8, 4) is 0 Å². The molecule has 1 atom stereocenters. The summed E-state index contributed by atoms with van der Waals surface area (Å²) in [6, 6.07) is 1.60. The van der Waals surface area contributed by atoms with Gasteiger partial charge in [0.2, 0.25) is 5.91 Å². The quantitative estimate of drug-likeness (QED) is 0.752. The number of rotatable bonds is 2. The van der Waals surface area contributed by atoms with Crippen molar-refractivity contribution in [2.75, 3.05) is 11.4 Å². The van der Waals surface area contributed by atoms with Gasteiger partial charge in [0.05, 0.1) is 0 Å². The number of nitrogens with one attached hydrogen (secondary N) is 1. The van der Waals surface area contributed by atoms with E-state index in [0.717, 1.165) is 5.69 Å². The number of carbonyl (C=O) groups excluding carboxylic acids is 1. The molecule has 1 N–H and O–H groups in total. The van der Waals surface area contributed by atoms with E-state index in [1.165, 1.54) is 4.90 Å². The number of hydrogen-bond acceptors (Lipinski definition) is 4. The molecule has 1 aliphatic rings. The Labute approximate surface area is 91.7 Å². The molecular formula is C8H10FN3O3S. The van der Waals surface area contributed by atoms with Gasteiger partial charge in [-0.1, -0.05) is 0 Å². The lowest BCUT2D eigenvalue weighted by molar-refractivity contribution is -0.117. The van der Waals surface area contributed by atoms with E-state index in [-0.39, 0.29) is 13.0 Å². The average molecular weight is 247 g/mol. The Morgan fingerprint density at radius 2 is 2.31 bits per heavy atom. The van der Waals surface area contributed by atoms with Gasteiger partial charge in [-0.25, -0.2) is 0 Å². The van der Waals surface area contributed by atoms with Gasteiger partial charge < -0.3 is 0 Å². The van der Waals surface area contributed by atoms with Crippen molar-refractivity contribution in [1.29, 1.82) is 0 Å². The van der Waals surface area contributed by atoms with Gasteiger partial charge in [0.1, 0.15) is 5.25 Å². The summed E-state index contributed by atoms with van der Waals surface area (Å²) in [5, 5.41) is 5.18. The molecule has 1 unspecified atom stereocenters. The van der Waals surface area contributed by atoms with Crippen LogP contribution in [0.3, 0.4) is 0 Å². The predicted octanol–water partition coefficient (Wildman–Crippen LogP) is 0.123. The minimum Gasteiger partial charge on any atom is -0.294 e. The van der Waals surface area contributed by atoms with Gasteiger partial charge in [-0.15, -0.1) is 3.89 Å². The van der Waals surface area contributed by atoms with Gasteiger partial charge in [0.25, 0.3) is 0 Å². The molecule has 0 aromatic carbocycles. The van der Waals surface area contributed by atoms with Crippen LogP contribution in [0.1, 0.15) is 12.1 Å². The number of aromatic nitrogens is 2. The third-order valence-corrected chi connectivity index (χ3v) is 3.57. The van der Waals surface area contributed by atoms with Crippen molar-refractivity contribution in [3.05, 3.63) is 11.8 Å². The number of carbonyl (C=O) groups is 1. The van der Waals surface area contributed by atoms with E-state index in [0.29, 0.717) is 5.82 Å². The Hall–Kier alpha value is -1.44. The summed E-state index contributed by atoms with van der Waals surface area (Å²) in [7, 11) is -4.67. The first-order valence-electron chi connectivity index (χ1n) is 4.64. The fraction of sp³-hybridized carbons (Fsp3) is 0.500. The van der Waals surface area contributed by atoms with Crippen LogP contribution in [0.25, 0.3) is 0 Å². The molecule has 0 saturated carbocycles. The summed E-state index contributed by atoms with van der Waals surface area (Å²) in [6.07, 6.45) is -0.329. The predicted molar refractivity (Wildman–Crippen MR) is 54.1 cm³/mol. The summed E-state index contributed by atoms with van der Waals surface area (Å²) in [4.78, 5) is 12.7. The highest BCUT2D eigenvalue weighted by molar-refractivity contribution is 7.87. The molecule has 1 saturated heterocycles. The van der Waals surface area contributed by atoms with E-state index >= 15 is 0 Å². The molecule has 2 heterocycles. The Morgan fingerprint density at radius 1 is 1.62 bits per heavy atom. The SMILES string of the molecule is Cc1cc(N2CC(S(=O)(=O)F)CC2=O)n[nH]1. The van der Waals surface area contributed by atoms with E-state index in [9.17, 15) is 17.1 Å². The molecule has 8 heteroatoms. The third kappa shape index (κ3) is 1.92. The highest BCUT2D eigenvalue weighted by atomic mass is 32.3. The van der Waals surface area contributed by atoms with Gasteiger partial charge in [0.15, 0.2) is 5.82 Å². The van der Waals surface area contributed by atoms with Crippen LogP contribution in [-0.2, 0) is 15.0 Å². The number of H-pyrrole nitrogens is 1. The van der Waals surface area contributed by atoms with Crippen molar-refractivity contribution < 1.29 is 17.1 Å². The zero-order valence-corrected chi connectivity index (χ0v) is 9.29. The van der Waals surface area contributed by atoms with Crippen molar-refractivity contribution in [3.63, 3.8) is 0 Å². The van der Waals surface area contributed by atoms with Crippen molar-refractivity contribution in [2.24, 2.45) is 0 Å². The molecule has 16 heavy (non-hydrogen) atoms.